The summed E-state index contributed by atoms with van der Waals surface area (Å²) < 4.78 is 0. The zero-order chi connectivity index (χ0) is 12.3. The van der Waals surface area contributed by atoms with E-state index in [1.54, 1.807) is 0 Å². The molecule has 3 nitrogen and oxygen atoms in total. The minimum absolute atomic E-state index is 0.782. The van der Waals surface area contributed by atoms with E-state index in [1.807, 2.05) is 44.4 Å². The predicted molar refractivity (Wildman–Crippen MR) is 75.4 cm³/mol. The van der Waals surface area contributed by atoms with Crippen LogP contribution in [0.5, 0.6) is 0 Å². The summed E-state index contributed by atoms with van der Waals surface area (Å²) in [5.74, 6) is 0. The Hall–Kier alpha value is -2.16. The van der Waals surface area contributed by atoms with Gasteiger partial charge in [-0.25, -0.2) is 0 Å². The summed E-state index contributed by atoms with van der Waals surface area (Å²) in [4.78, 5) is 0. The van der Waals surface area contributed by atoms with E-state index in [-0.39, 0.29) is 0 Å². The molecule has 2 aromatic carbocycles. The van der Waals surface area contributed by atoms with E-state index in [0.717, 1.165) is 22.6 Å². The van der Waals surface area contributed by atoms with Crippen molar-refractivity contribution in [1.82, 2.24) is 0 Å². The fraction of sp³-hybridized carbons (Fsp3) is 0.143. The number of nitrogen functional groups attached to an aromatic ring is 1. The average molecular weight is 227 g/mol. The van der Waals surface area contributed by atoms with Crippen LogP contribution in [0.4, 0.5) is 17.1 Å². The van der Waals surface area contributed by atoms with Crippen LogP contribution in [0.2, 0.25) is 0 Å². The molecule has 88 valence electrons. The maximum Gasteiger partial charge on any atom is 0.0418 e. The first kappa shape index (κ1) is 11.3. The van der Waals surface area contributed by atoms with E-state index in [4.69, 9.17) is 5.73 Å². The predicted octanol–water partition coefficient (Wildman–Crippen LogP) is 3.02. The third-order valence-corrected chi connectivity index (χ3v) is 2.80. The molecule has 0 fully saturated rings. The molecule has 0 saturated heterocycles. The number of rotatable bonds is 3. The molecule has 0 aliphatic rings. The van der Waals surface area contributed by atoms with E-state index in [1.165, 1.54) is 5.56 Å². The van der Waals surface area contributed by atoms with Gasteiger partial charge < -0.3 is 16.4 Å². The van der Waals surface area contributed by atoms with E-state index in [0.29, 0.717) is 0 Å². The quantitative estimate of drug-likeness (QED) is 0.706. The van der Waals surface area contributed by atoms with E-state index >= 15 is 0 Å². The Morgan fingerprint density at radius 3 is 2.18 bits per heavy atom. The Morgan fingerprint density at radius 2 is 1.59 bits per heavy atom. The van der Waals surface area contributed by atoms with E-state index < -0.39 is 0 Å². The molecule has 0 saturated carbocycles. The second kappa shape index (κ2) is 4.78. The summed E-state index contributed by atoms with van der Waals surface area (Å²) in [6, 6.07) is 14.1. The highest BCUT2D eigenvalue weighted by Gasteiger charge is 2.04. The first-order chi connectivity index (χ1) is 8.24. The molecule has 0 aliphatic heterocycles. The highest BCUT2D eigenvalue weighted by atomic mass is 14.8. The van der Waals surface area contributed by atoms with Crippen LogP contribution in [0.25, 0.3) is 11.1 Å². The van der Waals surface area contributed by atoms with Crippen molar-refractivity contribution in [1.29, 1.82) is 0 Å². The summed E-state index contributed by atoms with van der Waals surface area (Å²) in [6.07, 6.45) is 0. The molecule has 0 amide bonds. The van der Waals surface area contributed by atoms with Gasteiger partial charge in [0.2, 0.25) is 0 Å². The molecule has 0 aromatic heterocycles. The van der Waals surface area contributed by atoms with Gasteiger partial charge in [-0.15, -0.1) is 0 Å². The van der Waals surface area contributed by atoms with Gasteiger partial charge in [-0.1, -0.05) is 12.1 Å². The zero-order valence-corrected chi connectivity index (χ0v) is 10.1. The Kier molecular flexibility index (Phi) is 3.19. The third-order valence-electron chi connectivity index (χ3n) is 2.80. The standard InChI is InChI=1S/C14H17N3/c1-16-12-7-8-14(17-2)13(9-12)10-3-5-11(15)6-4-10/h3-9,16-17H,15H2,1-2H3. The largest absolute Gasteiger partial charge is 0.399 e. The second-order valence-corrected chi connectivity index (χ2v) is 3.88. The van der Waals surface area contributed by atoms with Crippen molar-refractivity contribution in [3.63, 3.8) is 0 Å². The van der Waals surface area contributed by atoms with Crippen LogP contribution >= 0.6 is 0 Å². The van der Waals surface area contributed by atoms with Gasteiger partial charge in [-0.2, -0.15) is 0 Å². The van der Waals surface area contributed by atoms with Crippen molar-refractivity contribution < 1.29 is 0 Å². The Bertz CT molecular complexity index is 503. The molecule has 0 bridgehead atoms. The van der Waals surface area contributed by atoms with Crippen molar-refractivity contribution in [2.24, 2.45) is 0 Å². The maximum atomic E-state index is 5.70. The van der Waals surface area contributed by atoms with Crippen LogP contribution < -0.4 is 16.4 Å². The second-order valence-electron chi connectivity index (χ2n) is 3.88. The van der Waals surface area contributed by atoms with Gasteiger partial charge in [0.25, 0.3) is 0 Å². The van der Waals surface area contributed by atoms with Gasteiger partial charge in [-0.3, -0.25) is 0 Å². The fourth-order valence-electron chi connectivity index (χ4n) is 1.82. The molecule has 0 aliphatic carbocycles. The van der Waals surface area contributed by atoms with Crippen LogP contribution in [-0.2, 0) is 0 Å². The highest BCUT2D eigenvalue weighted by molar-refractivity contribution is 5.81. The van der Waals surface area contributed by atoms with Crippen molar-refractivity contribution in [3.8, 4) is 11.1 Å². The summed E-state index contributed by atoms with van der Waals surface area (Å²) in [7, 11) is 3.84. The van der Waals surface area contributed by atoms with Gasteiger partial charge in [0.15, 0.2) is 0 Å². The highest BCUT2D eigenvalue weighted by Crippen LogP contribution is 2.30. The number of nitrogens with one attached hydrogen (secondary N) is 2. The Labute approximate surface area is 102 Å². The summed E-state index contributed by atoms with van der Waals surface area (Å²) in [5, 5.41) is 6.35. The van der Waals surface area contributed by atoms with Gasteiger partial charge in [0.1, 0.15) is 0 Å². The van der Waals surface area contributed by atoms with Gasteiger partial charge in [-0.05, 0) is 35.9 Å². The molecule has 4 N–H and O–H groups in total. The van der Waals surface area contributed by atoms with Crippen molar-refractivity contribution in [2.45, 2.75) is 0 Å². The summed E-state index contributed by atoms with van der Waals surface area (Å²) in [5.41, 5.74) is 11.0. The fourth-order valence-corrected chi connectivity index (χ4v) is 1.82. The minimum Gasteiger partial charge on any atom is -0.399 e. The number of hydrogen-bond acceptors (Lipinski definition) is 3. The minimum atomic E-state index is 0.782. The Morgan fingerprint density at radius 1 is 0.882 bits per heavy atom. The summed E-state index contributed by atoms with van der Waals surface area (Å²) >= 11 is 0. The lowest BCUT2D eigenvalue weighted by Gasteiger charge is -2.12. The van der Waals surface area contributed by atoms with Crippen LogP contribution in [0.15, 0.2) is 42.5 Å². The van der Waals surface area contributed by atoms with Crippen molar-refractivity contribution >= 4 is 17.1 Å². The number of nitrogens with two attached hydrogens (primary N) is 1. The molecule has 0 radical (unpaired) electrons. The van der Waals surface area contributed by atoms with Gasteiger partial charge in [0, 0.05) is 36.7 Å². The SMILES string of the molecule is CNc1ccc(NC)c(-c2ccc(N)cc2)c1. The number of anilines is 3. The topological polar surface area (TPSA) is 50.1 Å². The lowest BCUT2D eigenvalue weighted by Crippen LogP contribution is -1.95. The van der Waals surface area contributed by atoms with Crippen LogP contribution in [0.1, 0.15) is 0 Å². The molecule has 3 heteroatoms. The Balaban J connectivity index is 2.51. The zero-order valence-electron chi connectivity index (χ0n) is 10.1. The molecule has 0 atom stereocenters. The number of benzene rings is 2. The monoisotopic (exact) mass is 227 g/mol. The van der Waals surface area contributed by atoms with Crippen LogP contribution in [0, 0.1) is 0 Å². The smallest absolute Gasteiger partial charge is 0.0418 e. The lowest BCUT2D eigenvalue weighted by molar-refractivity contribution is 1.46. The van der Waals surface area contributed by atoms with Gasteiger partial charge in [0.05, 0.1) is 0 Å². The maximum absolute atomic E-state index is 5.70. The summed E-state index contributed by atoms with van der Waals surface area (Å²) in [6.45, 7) is 0. The molecular weight excluding hydrogens is 210 g/mol. The van der Waals surface area contributed by atoms with Crippen molar-refractivity contribution in [3.05, 3.63) is 42.5 Å². The van der Waals surface area contributed by atoms with E-state index in [2.05, 4.69) is 22.8 Å². The molecule has 17 heavy (non-hydrogen) atoms. The first-order valence-electron chi connectivity index (χ1n) is 5.60. The van der Waals surface area contributed by atoms with Crippen LogP contribution in [0.3, 0.4) is 0 Å². The van der Waals surface area contributed by atoms with Crippen LogP contribution in [-0.4, -0.2) is 14.1 Å². The van der Waals surface area contributed by atoms with Crippen molar-refractivity contribution in [2.75, 3.05) is 30.5 Å². The molecular formula is C14H17N3. The molecule has 2 rings (SSSR count). The third kappa shape index (κ3) is 2.33. The van der Waals surface area contributed by atoms with E-state index in [9.17, 15) is 0 Å². The normalized spacial score (nSPS) is 10.0. The average Bonchev–Trinajstić information content (AvgIpc) is 2.39. The molecule has 0 heterocycles. The molecule has 0 unspecified atom stereocenters. The number of hydrogen-bond donors (Lipinski definition) is 3. The van der Waals surface area contributed by atoms with Gasteiger partial charge >= 0.3 is 0 Å². The molecule has 0 spiro atoms. The first-order valence-corrected chi connectivity index (χ1v) is 5.60. The molecule has 2 aromatic rings. The lowest BCUT2D eigenvalue weighted by atomic mass is 10.0.